The van der Waals surface area contributed by atoms with Crippen LogP contribution in [-0.4, -0.2) is 106 Å². The van der Waals surface area contributed by atoms with Gasteiger partial charge in [-0.05, 0) is 20.0 Å². The number of aromatic nitrogens is 2. The van der Waals surface area contributed by atoms with E-state index in [2.05, 4.69) is 36.7 Å². The standard InChI is InChI=1S/C22H35N6O13P/c1-25-6-3-5-14(30)18(31)19(32)21(33)26-7-2-4-13-9-28(22(34)27-20(13)23)17-8-15(41-24)16(40-17)10-38-42(35,36)39-12-37-11-29/h9,15-19,25,29,31-32H,3,5-8,10-12,24H2,1H3,(H,26,33)(H,35,36)(H2,23,27,34)/t15?,16-,17-,18?,19?/m1/s1. The SMILES string of the molecule is CNCCCC(=O)C(O)C(O)C(=O)NCC#Cc1cn([C@H]2CC(ON)[C@@H](COP(=O)(O)OCOCO)O2)c(=O)nc1N. The normalized spacial score (nSPS) is 21.1. The maximum Gasteiger partial charge on any atom is 0.474 e. The molecule has 1 aliphatic rings. The molecule has 0 saturated carbocycles. The Morgan fingerprint density at radius 1 is 1.33 bits per heavy atom. The number of nitrogen functional groups attached to an aromatic ring is 1. The average molecular weight is 623 g/mol. The number of anilines is 1. The second-order valence-corrected chi connectivity index (χ2v) is 10.1. The van der Waals surface area contributed by atoms with Gasteiger partial charge in [0.2, 0.25) is 0 Å². The third-order valence-electron chi connectivity index (χ3n) is 5.76. The van der Waals surface area contributed by atoms with Gasteiger partial charge in [-0.2, -0.15) is 4.98 Å². The molecule has 4 unspecified atom stereocenters. The van der Waals surface area contributed by atoms with Gasteiger partial charge in [0.25, 0.3) is 5.91 Å². The highest BCUT2D eigenvalue weighted by Crippen LogP contribution is 2.44. The lowest BCUT2D eigenvalue weighted by molar-refractivity contribution is -0.144. The van der Waals surface area contributed by atoms with Gasteiger partial charge in [-0.25, -0.2) is 15.3 Å². The highest BCUT2D eigenvalue weighted by molar-refractivity contribution is 7.47. The predicted octanol–water partition coefficient (Wildman–Crippen LogP) is -3.81. The first-order chi connectivity index (χ1) is 19.9. The first kappa shape index (κ1) is 35.4. The molecule has 0 bridgehead atoms. The number of ether oxygens (including phenoxy) is 2. The van der Waals surface area contributed by atoms with Crippen LogP contribution in [0.2, 0.25) is 0 Å². The molecule has 1 aromatic rings. The minimum absolute atomic E-state index is 0.00292. The summed E-state index contributed by atoms with van der Waals surface area (Å²) < 4.78 is 32.4. The lowest BCUT2D eigenvalue weighted by Crippen LogP contribution is -2.45. The van der Waals surface area contributed by atoms with Gasteiger partial charge in [0.1, 0.15) is 37.2 Å². The van der Waals surface area contributed by atoms with Gasteiger partial charge in [-0.3, -0.25) is 28.0 Å². The number of nitrogens with one attached hydrogen (secondary N) is 2. The summed E-state index contributed by atoms with van der Waals surface area (Å²) in [6, 6.07) is 0. The van der Waals surface area contributed by atoms with Crippen LogP contribution in [0.3, 0.4) is 0 Å². The van der Waals surface area contributed by atoms with Gasteiger partial charge in [0.15, 0.2) is 18.7 Å². The molecule has 0 radical (unpaired) electrons. The van der Waals surface area contributed by atoms with Crippen molar-refractivity contribution in [2.75, 3.05) is 46.1 Å². The van der Waals surface area contributed by atoms with Crippen molar-refractivity contribution in [1.82, 2.24) is 20.2 Å². The van der Waals surface area contributed by atoms with E-state index in [0.29, 0.717) is 13.0 Å². The third kappa shape index (κ3) is 10.8. The van der Waals surface area contributed by atoms with E-state index in [1.807, 2.05) is 0 Å². The third-order valence-corrected chi connectivity index (χ3v) is 6.67. The van der Waals surface area contributed by atoms with E-state index in [9.17, 15) is 34.1 Å². The summed E-state index contributed by atoms with van der Waals surface area (Å²) in [6.07, 6.45) is -5.18. The monoisotopic (exact) mass is 622 g/mol. The Labute approximate surface area is 239 Å². The number of carbonyl (C=O) groups excluding carboxylic acids is 2. The van der Waals surface area contributed by atoms with Gasteiger partial charge >= 0.3 is 13.5 Å². The van der Waals surface area contributed by atoms with Crippen molar-refractivity contribution in [1.29, 1.82) is 0 Å². The number of aliphatic hydroxyl groups excluding tert-OH is 3. The number of hydrogen-bond acceptors (Lipinski definition) is 16. The zero-order chi connectivity index (χ0) is 31.3. The van der Waals surface area contributed by atoms with Crippen molar-refractivity contribution >= 4 is 25.3 Å². The Kier molecular flexibility index (Phi) is 14.6. The molecule has 20 heteroatoms. The Bertz CT molecular complexity index is 1220. The van der Waals surface area contributed by atoms with Crippen LogP contribution in [0, 0.1) is 11.8 Å². The minimum Gasteiger partial charge on any atom is -0.382 e. The van der Waals surface area contributed by atoms with E-state index in [-0.39, 0.29) is 30.8 Å². The molecule has 2 heterocycles. The lowest BCUT2D eigenvalue weighted by atomic mass is 10.0. The van der Waals surface area contributed by atoms with Crippen molar-refractivity contribution in [3.8, 4) is 11.8 Å². The smallest absolute Gasteiger partial charge is 0.382 e. The van der Waals surface area contributed by atoms with Crippen molar-refractivity contribution in [2.45, 2.75) is 49.9 Å². The molecular formula is C22H35N6O13P. The summed E-state index contributed by atoms with van der Waals surface area (Å²) in [5.41, 5.74) is 5.04. The van der Waals surface area contributed by atoms with Crippen LogP contribution in [0.4, 0.5) is 5.82 Å². The first-order valence-electron chi connectivity index (χ1n) is 12.4. The van der Waals surface area contributed by atoms with Crippen molar-refractivity contribution in [3.05, 3.63) is 22.2 Å². The molecule has 0 aromatic carbocycles. The topological polar surface area (TPSA) is 289 Å². The summed E-state index contributed by atoms with van der Waals surface area (Å²) in [7, 11) is -2.89. The van der Waals surface area contributed by atoms with Crippen LogP contribution < -0.4 is 28.0 Å². The summed E-state index contributed by atoms with van der Waals surface area (Å²) in [5, 5.41) is 33.5. The summed E-state index contributed by atoms with van der Waals surface area (Å²) >= 11 is 0. The number of ketones is 1. The Hall–Kier alpha value is -2.83. The molecule has 19 nitrogen and oxygen atoms in total. The van der Waals surface area contributed by atoms with Crippen LogP contribution in [0.25, 0.3) is 0 Å². The molecular weight excluding hydrogens is 587 g/mol. The molecule has 1 saturated heterocycles. The molecule has 236 valence electrons. The van der Waals surface area contributed by atoms with Gasteiger partial charge in [-0.1, -0.05) is 11.8 Å². The minimum atomic E-state index is -4.58. The maximum absolute atomic E-state index is 12.5. The summed E-state index contributed by atoms with van der Waals surface area (Å²) in [4.78, 5) is 54.7. The number of amides is 1. The molecule has 42 heavy (non-hydrogen) atoms. The zero-order valence-corrected chi connectivity index (χ0v) is 23.5. The number of nitrogens with two attached hydrogens (primary N) is 2. The van der Waals surface area contributed by atoms with E-state index < -0.39 is 76.0 Å². The van der Waals surface area contributed by atoms with E-state index in [1.165, 1.54) is 6.20 Å². The van der Waals surface area contributed by atoms with E-state index in [1.54, 1.807) is 7.05 Å². The molecule has 1 fully saturated rings. The Balaban J connectivity index is 2.02. The summed E-state index contributed by atoms with van der Waals surface area (Å²) in [5.74, 6) is 8.53. The zero-order valence-electron chi connectivity index (χ0n) is 22.6. The number of phosphoric ester groups is 1. The molecule has 1 aliphatic heterocycles. The fourth-order valence-electron chi connectivity index (χ4n) is 3.58. The van der Waals surface area contributed by atoms with Gasteiger partial charge in [0, 0.05) is 19.0 Å². The second-order valence-electron chi connectivity index (χ2n) is 8.70. The van der Waals surface area contributed by atoms with Gasteiger partial charge < -0.3 is 46.1 Å². The van der Waals surface area contributed by atoms with Crippen molar-refractivity contribution < 1.29 is 57.7 Å². The molecule has 0 aliphatic carbocycles. The number of aliphatic hydroxyl groups is 3. The van der Waals surface area contributed by atoms with Crippen LogP contribution in [0.15, 0.2) is 11.0 Å². The molecule has 6 atom stereocenters. The fourth-order valence-corrected chi connectivity index (χ4v) is 4.19. The van der Waals surface area contributed by atoms with Crippen LogP contribution in [0.5, 0.6) is 0 Å². The molecule has 1 amide bonds. The fraction of sp³-hybridized carbons (Fsp3) is 0.636. The van der Waals surface area contributed by atoms with E-state index in [0.717, 1.165) is 4.57 Å². The Morgan fingerprint density at radius 3 is 2.74 bits per heavy atom. The number of Topliss-reactive ketones (excluding diaryl/α,β-unsaturated/α-hetero) is 1. The predicted molar refractivity (Wildman–Crippen MR) is 140 cm³/mol. The second kappa shape index (κ2) is 17.3. The van der Waals surface area contributed by atoms with Crippen LogP contribution in [0.1, 0.15) is 31.1 Å². The number of nitrogens with zero attached hydrogens (tertiary/aromatic N) is 2. The number of rotatable bonds is 17. The lowest BCUT2D eigenvalue weighted by Gasteiger charge is -2.19. The average Bonchev–Trinajstić information content (AvgIpc) is 3.37. The first-order valence-corrected chi connectivity index (χ1v) is 13.9. The van der Waals surface area contributed by atoms with Crippen molar-refractivity contribution in [2.24, 2.45) is 5.90 Å². The van der Waals surface area contributed by atoms with E-state index in [4.69, 9.17) is 30.8 Å². The molecule has 1 aromatic heterocycles. The van der Waals surface area contributed by atoms with Crippen molar-refractivity contribution in [3.63, 3.8) is 0 Å². The molecule has 10 N–H and O–H groups in total. The quantitative estimate of drug-likeness (QED) is 0.0271. The maximum atomic E-state index is 12.5. The highest BCUT2D eigenvalue weighted by atomic mass is 31.2. The summed E-state index contributed by atoms with van der Waals surface area (Å²) in [6.45, 7) is -1.78. The number of phosphoric acid groups is 1. The van der Waals surface area contributed by atoms with Gasteiger partial charge in [-0.15, -0.1) is 0 Å². The number of hydrogen-bond donors (Lipinski definition) is 8. The molecule has 2 rings (SSSR count). The number of carbonyl (C=O) groups is 2. The van der Waals surface area contributed by atoms with E-state index >= 15 is 0 Å². The Morgan fingerprint density at radius 2 is 2.07 bits per heavy atom. The van der Waals surface area contributed by atoms with Crippen LogP contribution >= 0.6 is 7.82 Å². The largest absolute Gasteiger partial charge is 0.474 e. The molecule has 0 spiro atoms. The van der Waals surface area contributed by atoms with Gasteiger partial charge in [0.05, 0.1) is 18.7 Å². The highest BCUT2D eigenvalue weighted by Gasteiger charge is 2.39. The van der Waals surface area contributed by atoms with Crippen LogP contribution in [-0.2, 0) is 37.5 Å².